The average molecular weight is 303 g/mol. The van der Waals surface area contributed by atoms with E-state index in [-0.39, 0.29) is 10.6 Å². The van der Waals surface area contributed by atoms with Gasteiger partial charge in [0.05, 0.1) is 16.1 Å². The molecule has 6 nitrogen and oxygen atoms in total. The first-order chi connectivity index (χ1) is 10.1. The summed E-state index contributed by atoms with van der Waals surface area (Å²) in [5.41, 5.74) is 2.52. The first-order valence-corrected chi connectivity index (χ1v) is 6.58. The fourth-order valence-electron chi connectivity index (χ4n) is 2.00. The zero-order valence-corrected chi connectivity index (χ0v) is 11.6. The Morgan fingerprint density at radius 2 is 2.10 bits per heavy atom. The van der Waals surface area contributed by atoms with E-state index in [2.05, 4.69) is 15.6 Å². The Labute approximate surface area is 125 Å². The highest BCUT2D eigenvalue weighted by Gasteiger charge is 2.09. The van der Waals surface area contributed by atoms with Gasteiger partial charge in [0.25, 0.3) is 0 Å². The van der Waals surface area contributed by atoms with Crippen LogP contribution < -0.4 is 5.32 Å². The summed E-state index contributed by atoms with van der Waals surface area (Å²) in [6.07, 6.45) is 0. The number of aromatic carboxylic acids is 1. The first-order valence-electron chi connectivity index (χ1n) is 6.20. The Balaban J connectivity index is 1.79. The van der Waals surface area contributed by atoms with Crippen LogP contribution in [0.15, 0.2) is 42.5 Å². The Morgan fingerprint density at radius 1 is 1.29 bits per heavy atom. The summed E-state index contributed by atoms with van der Waals surface area (Å²) in [4.78, 5) is 10.9. The van der Waals surface area contributed by atoms with Crippen molar-refractivity contribution in [2.75, 3.05) is 5.32 Å². The van der Waals surface area contributed by atoms with Gasteiger partial charge in [-0.05, 0) is 30.3 Å². The minimum absolute atomic E-state index is 0.0772. The molecule has 0 atom stereocenters. The molecular weight excluding hydrogens is 292 g/mol. The molecule has 0 amide bonds. The molecule has 0 unspecified atom stereocenters. The number of halogens is 1. The number of anilines is 1. The third kappa shape index (κ3) is 2.66. The molecule has 21 heavy (non-hydrogen) atoms. The molecule has 0 aliphatic heterocycles. The number of aromatic nitrogens is 3. The lowest BCUT2D eigenvalue weighted by Crippen LogP contribution is -2.09. The van der Waals surface area contributed by atoms with Gasteiger partial charge in [-0.3, -0.25) is 0 Å². The molecule has 0 fully saturated rings. The SMILES string of the molecule is O=C(O)c1ccc(NCn2nnc3ccccc32)cc1Cl. The van der Waals surface area contributed by atoms with Gasteiger partial charge in [-0.2, -0.15) is 0 Å². The van der Waals surface area contributed by atoms with E-state index >= 15 is 0 Å². The van der Waals surface area contributed by atoms with Crippen molar-refractivity contribution in [2.24, 2.45) is 0 Å². The molecule has 106 valence electrons. The first kappa shape index (κ1) is 13.4. The number of hydrogen-bond donors (Lipinski definition) is 2. The second kappa shape index (κ2) is 5.41. The van der Waals surface area contributed by atoms with Crippen molar-refractivity contribution in [2.45, 2.75) is 6.67 Å². The van der Waals surface area contributed by atoms with E-state index in [0.717, 1.165) is 11.0 Å². The molecule has 7 heteroatoms. The maximum atomic E-state index is 10.9. The van der Waals surface area contributed by atoms with Crippen molar-refractivity contribution in [3.63, 3.8) is 0 Å². The highest BCUT2D eigenvalue weighted by molar-refractivity contribution is 6.33. The molecule has 0 spiro atoms. The van der Waals surface area contributed by atoms with E-state index in [4.69, 9.17) is 16.7 Å². The Hall–Kier alpha value is -2.60. The van der Waals surface area contributed by atoms with Crippen LogP contribution in [-0.2, 0) is 6.67 Å². The summed E-state index contributed by atoms with van der Waals surface area (Å²) in [6, 6.07) is 12.3. The number of rotatable bonds is 4. The predicted molar refractivity (Wildman–Crippen MR) is 79.6 cm³/mol. The normalized spacial score (nSPS) is 10.7. The lowest BCUT2D eigenvalue weighted by molar-refractivity contribution is 0.0697. The largest absolute Gasteiger partial charge is 0.478 e. The maximum absolute atomic E-state index is 10.9. The average Bonchev–Trinajstić information content (AvgIpc) is 2.88. The Bertz CT molecular complexity index is 816. The van der Waals surface area contributed by atoms with Gasteiger partial charge in [0.15, 0.2) is 0 Å². The van der Waals surface area contributed by atoms with E-state index < -0.39 is 5.97 Å². The Morgan fingerprint density at radius 3 is 2.86 bits per heavy atom. The van der Waals surface area contributed by atoms with Gasteiger partial charge in [-0.25, -0.2) is 9.48 Å². The minimum atomic E-state index is -1.05. The van der Waals surface area contributed by atoms with E-state index in [1.54, 1.807) is 16.8 Å². The summed E-state index contributed by atoms with van der Waals surface area (Å²) in [5.74, 6) is -1.05. The van der Waals surface area contributed by atoms with Crippen molar-refractivity contribution >= 4 is 34.3 Å². The fourth-order valence-corrected chi connectivity index (χ4v) is 2.26. The molecule has 0 saturated carbocycles. The molecule has 0 aliphatic carbocycles. The summed E-state index contributed by atoms with van der Waals surface area (Å²) in [5, 5.41) is 20.4. The molecule has 0 bridgehead atoms. The second-order valence-corrected chi connectivity index (χ2v) is 4.82. The third-order valence-electron chi connectivity index (χ3n) is 3.05. The molecule has 3 rings (SSSR count). The van der Waals surface area contributed by atoms with Crippen molar-refractivity contribution in [3.05, 3.63) is 53.1 Å². The number of benzene rings is 2. The van der Waals surface area contributed by atoms with Crippen molar-refractivity contribution in [3.8, 4) is 0 Å². The van der Waals surface area contributed by atoms with Crippen LogP contribution in [0.2, 0.25) is 5.02 Å². The molecule has 1 heterocycles. The molecule has 2 aromatic carbocycles. The summed E-state index contributed by atoms with van der Waals surface area (Å²) < 4.78 is 1.72. The number of nitrogens with one attached hydrogen (secondary N) is 1. The van der Waals surface area contributed by atoms with Gasteiger partial charge in [0, 0.05) is 5.69 Å². The van der Waals surface area contributed by atoms with Crippen LogP contribution in [0, 0.1) is 0 Å². The van der Waals surface area contributed by atoms with Crippen molar-refractivity contribution in [1.82, 2.24) is 15.0 Å². The predicted octanol–water partition coefficient (Wildman–Crippen LogP) is 2.85. The van der Waals surface area contributed by atoms with Gasteiger partial charge in [0.1, 0.15) is 12.2 Å². The van der Waals surface area contributed by atoms with Crippen LogP contribution >= 0.6 is 11.6 Å². The monoisotopic (exact) mass is 302 g/mol. The van der Waals surface area contributed by atoms with Crippen molar-refractivity contribution < 1.29 is 9.90 Å². The van der Waals surface area contributed by atoms with Crippen molar-refractivity contribution in [1.29, 1.82) is 0 Å². The van der Waals surface area contributed by atoms with Crippen LogP contribution in [0.5, 0.6) is 0 Å². The number of para-hydroxylation sites is 1. The van der Waals surface area contributed by atoms with Crippen LogP contribution in [0.1, 0.15) is 10.4 Å². The van der Waals surface area contributed by atoms with Crippen LogP contribution in [-0.4, -0.2) is 26.1 Å². The topological polar surface area (TPSA) is 80.0 Å². The van der Waals surface area contributed by atoms with Crippen LogP contribution in [0.25, 0.3) is 11.0 Å². The number of carboxylic acids is 1. The van der Waals surface area contributed by atoms with Gasteiger partial charge >= 0.3 is 5.97 Å². The molecular formula is C14H11ClN4O2. The minimum Gasteiger partial charge on any atom is -0.478 e. The lowest BCUT2D eigenvalue weighted by atomic mass is 10.2. The lowest BCUT2D eigenvalue weighted by Gasteiger charge is -2.08. The van der Waals surface area contributed by atoms with Crippen LogP contribution in [0.3, 0.4) is 0 Å². The number of fused-ring (bicyclic) bond motifs is 1. The zero-order valence-electron chi connectivity index (χ0n) is 10.8. The molecule has 1 aromatic heterocycles. The van der Waals surface area contributed by atoms with E-state index in [0.29, 0.717) is 12.4 Å². The van der Waals surface area contributed by atoms with Gasteiger partial charge in [-0.15, -0.1) is 5.10 Å². The fraction of sp³-hybridized carbons (Fsp3) is 0.0714. The molecule has 0 radical (unpaired) electrons. The van der Waals surface area contributed by atoms with E-state index in [1.807, 2.05) is 24.3 Å². The smallest absolute Gasteiger partial charge is 0.337 e. The van der Waals surface area contributed by atoms with Gasteiger partial charge in [-0.1, -0.05) is 28.9 Å². The zero-order chi connectivity index (χ0) is 14.8. The van der Waals surface area contributed by atoms with E-state index in [9.17, 15) is 4.79 Å². The molecule has 2 N–H and O–H groups in total. The highest BCUT2D eigenvalue weighted by atomic mass is 35.5. The molecule has 3 aromatic rings. The van der Waals surface area contributed by atoms with Gasteiger partial charge in [0.2, 0.25) is 0 Å². The number of carboxylic acid groups (broad SMARTS) is 1. The number of hydrogen-bond acceptors (Lipinski definition) is 4. The van der Waals surface area contributed by atoms with Crippen LogP contribution in [0.4, 0.5) is 5.69 Å². The number of carbonyl (C=O) groups is 1. The number of nitrogens with zero attached hydrogens (tertiary/aromatic N) is 3. The standard InChI is InChI=1S/C14H11ClN4O2/c15-11-7-9(5-6-10(11)14(20)21)16-8-19-13-4-2-1-3-12(13)17-18-19/h1-7,16H,8H2,(H,20,21). The van der Waals surface area contributed by atoms with Gasteiger partial charge < -0.3 is 10.4 Å². The Kier molecular flexibility index (Phi) is 3.45. The van der Waals surface area contributed by atoms with E-state index in [1.165, 1.54) is 6.07 Å². The highest BCUT2D eigenvalue weighted by Crippen LogP contribution is 2.21. The molecule has 0 saturated heterocycles. The summed E-state index contributed by atoms with van der Waals surface area (Å²) >= 11 is 5.92. The summed E-state index contributed by atoms with van der Waals surface area (Å²) in [7, 11) is 0. The molecule has 0 aliphatic rings. The third-order valence-corrected chi connectivity index (χ3v) is 3.37. The summed E-state index contributed by atoms with van der Waals surface area (Å²) in [6.45, 7) is 0.406. The quantitative estimate of drug-likeness (QED) is 0.774. The maximum Gasteiger partial charge on any atom is 0.337 e. The second-order valence-electron chi connectivity index (χ2n) is 4.41.